The van der Waals surface area contributed by atoms with Crippen molar-refractivity contribution in [3.63, 3.8) is 0 Å². The summed E-state index contributed by atoms with van der Waals surface area (Å²) in [5, 5.41) is 20.9. The first kappa shape index (κ1) is 20.5. The Kier molecular flexibility index (Phi) is 6.18. The van der Waals surface area contributed by atoms with E-state index in [-0.39, 0.29) is 5.41 Å². The topological polar surface area (TPSA) is 40.5 Å². The first-order valence-corrected chi connectivity index (χ1v) is 9.92. The molecule has 0 aliphatic heterocycles. The summed E-state index contributed by atoms with van der Waals surface area (Å²) in [4.78, 5) is 0. The number of hydrogen-bond acceptors (Lipinski definition) is 2. The molecule has 2 rings (SSSR count). The Hall–Kier alpha value is -1.80. The molecule has 0 spiro atoms. The summed E-state index contributed by atoms with van der Waals surface area (Å²) in [6, 6.07) is 12.5. The summed E-state index contributed by atoms with van der Waals surface area (Å²) in [5.41, 5.74) is 4.78. The van der Waals surface area contributed by atoms with Gasteiger partial charge in [0.05, 0.1) is 5.60 Å². The maximum absolute atomic E-state index is 10.9. The zero-order valence-corrected chi connectivity index (χ0v) is 17.2. The molecule has 0 atom stereocenters. The quantitative estimate of drug-likeness (QED) is 0.628. The lowest BCUT2D eigenvalue weighted by Gasteiger charge is -2.35. The molecular formula is C24H34O2. The van der Waals surface area contributed by atoms with Crippen molar-refractivity contribution in [2.24, 2.45) is 0 Å². The fourth-order valence-electron chi connectivity index (χ4n) is 4.30. The largest absolute Gasteiger partial charge is 0.508 e. The normalized spacial score (nSPS) is 12.4. The lowest BCUT2D eigenvalue weighted by Crippen LogP contribution is -2.28. The Morgan fingerprint density at radius 3 is 1.65 bits per heavy atom. The lowest BCUT2D eigenvalue weighted by molar-refractivity contribution is 0.0277. The molecule has 0 saturated carbocycles. The van der Waals surface area contributed by atoms with Gasteiger partial charge in [-0.3, -0.25) is 0 Å². The van der Waals surface area contributed by atoms with Gasteiger partial charge in [0.1, 0.15) is 5.75 Å². The molecular weight excluding hydrogens is 320 g/mol. The maximum atomic E-state index is 10.9. The third-order valence-corrected chi connectivity index (χ3v) is 6.41. The van der Waals surface area contributed by atoms with E-state index in [0.29, 0.717) is 18.6 Å². The molecule has 0 amide bonds. The number of aromatic hydroxyl groups is 1. The molecule has 0 bridgehead atoms. The van der Waals surface area contributed by atoms with Crippen LogP contribution in [0.2, 0.25) is 0 Å². The van der Waals surface area contributed by atoms with Crippen LogP contribution in [-0.2, 0) is 11.0 Å². The van der Waals surface area contributed by atoms with Crippen molar-refractivity contribution >= 4 is 0 Å². The lowest BCUT2D eigenvalue weighted by atomic mass is 9.69. The van der Waals surface area contributed by atoms with Crippen LogP contribution >= 0.6 is 0 Å². The molecule has 0 aliphatic rings. The molecule has 2 N–H and O–H groups in total. The van der Waals surface area contributed by atoms with Gasteiger partial charge >= 0.3 is 0 Å². The average molecular weight is 355 g/mol. The van der Waals surface area contributed by atoms with E-state index in [4.69, 9.17) is 0 Å². The van der Waals surface area contributed by atoms with Crippen molar-refractivity contribution in [1.29, 1.82) is 0 Å². The first-order chi connectivity index (χ1) is 12.3. The minimum atomic E-state index is -0.751. The van der Waals surface area contributed by atoms with Gasteiger partial charge in [0.25, 0.3) is 0 Å². The van der Waals surface area contributed by atoms with Crippen molar-refractivity contribution in [2.75, 3.05) is 0 Å². The summed E-state index contributed by atoms with van der Waals surface area (Å²) in [6.07, 6.45) is 3.40. The van der Waals surface area contributed by atoms with Crippen molar-refractivity contribution in [2.45, 2.75) is 78.2 Å². The van der Waals surface area contributed by atoms with Crippen LogP contribution in [-0.4, -0.2) is 10.2 Å². The second-order valence-corrected chi connectivity index (χ2v) is 7.56. The molecule has 0 saturated heterocycles. The molecule has 0 fully saturated rings. The van der Waals surface area contributed by atoms with E-state index in [2.05, 4.69) is 45.0 Å². The highest BCUT2D eigenvalue weighted by Crippen LogP contribution is 2.42. The van der Waals surface area contributed by atoms with Crippen LogP contribution < -0.4 is 0 Å². The standard InChI is InChI=1S/C24H34O2/c1-7-23(8-2,20-12-14-22(25)18(6)16-20)19-11-13-21(17(5)15-19)24(26,9-3)10-4/h11-16,25-26H,7-10H2,1-6H3. The number of benzene rings is 2. The minimum Gasteiger partial charge on any atom is -0.508 e. The van der Waals surface area contributed by atoms with Crippen molar-refractivity contribution in [1.82, 2.24) is 0 Å². The fraction of sp³-hybridized carbons (Fsp3) is 0.500. The Labute approximate surface area is 158 Å². The SMILES string of the molecule is CCC(O)(CC)c1ccc(C(CC)(CC)c2ccc(O)c(C)c2)cc1C. The van der Waals surface area contributed by atoms with Gasteiger partial charge in [-0.1, -0.05) is 58.0 Å². The predicted molar refractivity (Wildman–Crippen MR) is 110 cm³/mol. The molecule has 2 heteroatoms. The summed E-state index contributed by atoms with van der Waals surface area (Å²) in [6.45, 7) is 12.6. The van der Waals surface area contributed by atoms with Gasteiger partial charge in [-0.05, 0) is 73.4 Å². The van der Waals surface area contributed by atoms with Crippen LogP contribution in [0.15, 0.2) is 36.4 Å². The Morgan fingerprint density at radius 1 is 0.731 bits per heavy atom. The first-order valence-electron chi connectivity index (χ1n) is 9.92. The molecule has 0 radical (unpaired) electrons. The highest BCUT2D eigenvalue weighted by Gasteiger charge is 2.33. The fourth-order valence-corrected chi connectivity index (χ4v) is 4.30. The Morgan fingerprint density at radius 2 is 1.23 bits per heavy atom. The van der Waals surface area contributed by atoms with Crippen LogP contribution in [0.4, 0.5) is 0 Å². The van der Waals surface area contributed by atoms with Gasteiger partial charge in [-0.15, -0.1) is 0 Å². The molecule has 0 aromatic heterocycles. The van der Waals surface area contributed by atoms with E-state index in [9.17, 15) is 10.2 Å². The highest BCUT2D eigenvalue weighted by atomic mass is 16.3. The third kappa shape index (κ3) is 3.40. The third-order valence-electron chi connectivity index (χ3n) is 6.41. The molecule has 0 aliphatic carbocycles. The molecule has 0 heterocycles. The molecule has 2 aromatic rings. The molecule has 26 heavy (non-hydrogen) atoms. The average Bonchev–Trinajstić information content (AvgIpc) is 2.65. The summed E-state index contributed by atoms with van der Waals surface area (Å²) < 4.78 is 0. The summed E-state index contributed by atoms with van der Waals surface area (Å²) in [7, 11) is 0. The van der Waals surface area contributed by atoms with Crippen molar-refractivity contribution in [3.8, 4) is 5.75 Å². The number of hydrogen-bond donors (Lipinski definition) is 2. The molecule has 2 aromatic carbocycles. The Balaban J connectivity index is 2.61. The number of phenolic OH excluding ortho intramolecular Hbond substituents is 1. The van der Waals surface area contributed by atoms with E-state index in [1.165, 1.54) is 11.1 Å². The smallest absolute Gasteiger partial charge is 0.118 e. The summed E-state index contributed by atoms with van der Waals surface area (Å²) in [5.74, 6) is 0.345. The predicted octanol–water partition coefficient (Wildman–Crippen LogP) is 6.12. The van der Waals surface area contributed by atoms with Gasteiger partial charge in [0.2, 0.25) is 0 Å². The van der Waals surface area contributed by atoms with E-state index < -0.39 is 5.60 Å². The van der Waals surface area contributed by atoms with Gasteiger partial charge in [-0.25, -0.2) is 0 Å². The molecule has 0 unspecified atom stereocenters. The number of aryl methyl sites for hydroxylation is 2. The second kappa shape index (κ2) is 7.84. The van der Waals surface area contributed by atoms with E-state index in [1.54, 1.807) is 6.07 Å². The van der Waals surface area contributed by atoms with Gasteiger partial charge in [0.15, 0.2) is 0 Å². The van der Waals surface area contributed by atoms with Crippen LogP contribution in [0.1, 0.15) is 81.2 Å². The van der Waals surface area contributed by atoms with Crippen molar-refractivity contribution in [3.05, 3.63) is 64.2 Å². The zero-order valence-electron chi connectivity index (χ0n) is 17.2. The minimum absolute atomic E-state index is 0.0850. The number of rotatable bonds is 7. The van der Waals surface area contributed by atoms with Crippen LogP contribution in [0.25, 0.3) is 0 Å². The highest BCUT2D eigenvalue weighted by molar-refractivity contribution is 5.47. The number of aliphatic hydroxyl groups is 1. The van der Waals surface area contributed by atoms with Crippen LogP contribution in [0, 0.1) is 13.8 Å². The van der Waals surface area contributed by atoms with E-state index in [0.717, 1.165) is 29.5 Å². The summed E-state index contributed by atoms with van der Waals surface area (Å²) >= 11 is 0. The molecule has 2 nitrogen and oxygen atoms in total. The van der Waals surface area contributed by atoms with Gasteiger partial charge in [-0.2, -0.15) is 0 Å². The Bertz CT molecular complexity index is 753. The van der Waals surface area contributed by atoms with Gasteiger partial charge in [0, 0.05) is 5.41 Å². The van der Waals surface area contributed by atoms with Gasteiger partial charge < -0.3 is 10.2 Å². The van der Waals surface area contributed by atoms with Crippen LogP contribution in [0.5, 0.6) is 5.75 Å². The molecule has 142 valence electrons. The van der Waals surface area contributed by atoms with E-state index >= 15 is 0 Å². The zero-order chi connectivity index (χ0) is 19.5. The van der Waals surface area contributed by atoms with E-state index in [1.807, 2.05) is 26.8 Å². The maximum Gasteiger partial charge on any atom is 0.118 e. The second-order valence-electron chi connectivity index (χ2n) is 7.56. The number of phenols is 1. The van der Waals surface area contributed by atoms with Crippen molar-refractivity contribution < 1.29 is 10.2 Å². The van der Waals surface area contributed by atoms with Crippen LogP contribution in [0.3, 0.4) is 0 Å². The monoisotopic (exact) mass is 354 g/mol.